The maximum absolute atomic E-state index is 12.8. The standard InChI is InChI=1S/C26H24BrClN2O/c27-22-9-13-24(14-10-22)29-26(31)17-25(21-7-11-23(28)12-8-21)20-5-3-19(4-6-20)18-30-15-1-2-16-30/h3-14,17H,1-2,15-16,18H2,(H,29,31). The van der Waals surface area contributed by atoms with Gasteiger partial charge in [0.1, 0.15) is 0 Å². The molecule has 1 amide bonds. The van der Waals surface area contributed by atoms with Gasteiger partial charge in [-0.15, -0.1) is 0 Å². The van der Waals surface area contributed by atoms with Crippen LogP contribution in [0.25, 0.3) is 5.57 Å². The Balaban J connectivity index is 1.59. The van der Waals surface area contributed by atoms with Gasteiger partial charge in [-0.25, -0.2) is 0 Å². The number of hydrogen-bond donors (Lipinski definition) is 1. The summed E-state index contributed by atoms with van der Waals surface area (Å²) in [5.74, 6) is -0.173. The Morgan fingerprint density at radius 3 is 2.10 bits per heavy atom. The SMILES string of the molecule is O=C(C=C(c1ccc(Cl)cc1)c1ccc(CN2CCCC2)cc1)Nc1ccc(Br)cc1. The Morgan fingerprint density at radius 1 is 0.903 bits per heavy atom. The summed E-state index contributed by atoms with van der Waals surface area (Å²) in [6, 6.07) is 23.6. The summed E-state index contributed by atoms with van der Waals surface area (Å²) in [6.07, 6.45) is 4.23. The molecule has 31 heavy (non-hydrogen) atoms. The molecule has 0 atom stereocenters. The van der Waals surface area contributed by atoms with E-state index in [4.69, 9.17) is 11.6 Å². The molecule has 0 saturated carbocycles. The van der Waals surface area contributed by atoms with E-state index in [9.17, 15) is 4.79 Å². The topological polar surface area (TPSA) is 32.3 Å². The minimum absolute atomic E-state index is 0.173. The summed E-state index contributed by atoms with van der Waals surface area (Å²) in [6.45, 7) is 3.33. The third kappa shape index (κ3) is 6.07. The van der Waals surface area contributed by atoms with Gasteiger partial charge in [0.15, 0.2) is 0 Å². The second kappa shape index (κ2) is 10.3. The first-order valence-electron chi connectivity index (χ1n) is 10.4. The maximum Gasteiger partial charge on any atom is 0.249 e. The summed E-state index contributed by atoms with van der Waals surface area (Å²) in [5, 5.41) is 3.61. The van der Waals surface area contributed by atoms with Gasteiger partial charge >= 0.3 is 0 Å². The van der Waals surface area contributed by atoms with Crippen LogP contribution in [-0.4, -0.2) is 23.9 Å². The number of carbonyl (C=O) groups is 1. The number of rotatable bonds is 6. The fourth-order valence-corrected chi connectivity index (χ4v) is 4.18. The summed E-state index contributed by atoms with van der Waals surface area (Å²) in [5.41, 5.74) is 4.85. The van der Waals surface area contributed by atoms with E-state index in [1.54, 1.807) is 6.08 Å². The number of carbonyl (C=O) groups excluding carboxylic acids is 1. The van der Waals surface area contributed by atoms with Crippen molar-refractivity contribution in [3.63, 3.8) is 0 Å². The minimum atomic E-state index is -0.173. The van der Waals surface area contributed by atoms with Crippen LogP contribution in [0.4, 0.5) is 5.69 Å². The lowest BCUT2D eigenvalue weighted by Gasteiger charge is -2.15. The van der Waals surface area contributed by atoms with Crippen LogP contribution < -0.4 is 5.32 Å². The fraction of sp³-hybridized carbons (Fsp3) is 0.192. The molecule has 3 aromatic rings. The zero-order valence-electron chi connectivity index (χ0n) is 17.2. The summed E-state index contributed by atoms with van der Waals surface area (Å²) in [4.78, 5) is 15.3. The van der Waals surface area contributed by atoms with E-state index < -0.39 is 0 Å². The third-order valence-electron chi connectivity index (χ3n) is 5.41. The van der Waals surface area contributed by atoms with Gasteiger partial charge in [-0.1, -0.05) is 63.9 Å². The van der Waals surface area contributed by atoms with Crippen molar-refractivity contribution in [1.29, 1.82) is 0 Å². The molecule has 1 heterocycles. The first-order valence-corrected chi connectivity index (χ1v) is 11.6. The van der Waals surface area contributed by atoms with Crippen LogP contribution >= 0.6 is 27.5 Å². The highest BCUT2D eigenvalue weighted by atomic mass is 79.9. The number of amides is 1. The molecule has 1 saturated heterocycles. The first kappa shape index (κ1) is 21.8. The molecule has 0 aromatic heterocycles. The smallest absolute Gasteiger partial charge is 0.249 e. The van der Waals surface area contributed by atoms with Crippen LogP contribution in [0.5, 0.6) is 0 Å². The summed E-state index contributed by atoms with van der Waals surface area (Å²) >= 11 is 9.50. The predicted octanol–water partition coefficient (Wildman–Crippen LogP) is 6.77. The molecule has 1 fully saturated rings. The lowest BCUT2D eigenvalue weighted by molar-refractivity contribution is -0.111. The number of halogens is 2. The maximum atomic E-state index is 12.8. The predicted molar refractivity (Wildman–Crippen MR) is 132 cm³/mol. The average molecular weight is 496 g/mol. The molecule has 0 unspecified atom stereocenters. The van der Waals surface area contributed by atoms with E-state index in [-0.39, 0.29) is 5.91 Å². The van der Waals surface area contributed by atoms with Gasteiger partial charge in [-0.2, -0.15) is 0 Å². The number of nitrogens with zero attached hydrogens (tertiary/aromatic N) is 1. The van der Waals surface area contributed by atoms with Crippen LogP contribution in [-0.2, 0) is 11.3 Å². The number of hydrogen-bond acceptors (Lipinski definition) is 2. The number of nitrogens with one attached hydrogen (secondary N) is 1. The highest BCUT2D eigenvalue weighted by Gasteiger charge is 2.13. The second-order valence-electron chi connectivity index (χ2n) is 7.74. The Hall–Kier alpha value is -2.40. The minimum Gasteiger partial charge on any atom is -0.322 e. The molecule has 1 aliphatic heterocycles. The van der Waals surface area contributed by atoms with Crippen molar-refractivity contribution in [1.82, 2.24) is 4.90 Å². The van der Waals surface area contributed by atoms with Crippen LogP contribution in [0.15, 0.2) is 83.3 Å². The lowest BCUT2D eigenvalue weighted by atomic mass is 9.96. The van der Waals surface area contributed by atoms with Crippen LogP contribution in [0.1, 0.15) is 29.5 Å². The molecule has 3 nitrogen and oxygen atoms in total. The highest BCUT2D eigenvalue weighted by Crippen LogP contribution is 2.26. The van der Waals surface area contributed by atoms with Gasteiger partial charge in [0.2, 0.25) is 5.91 Å². The molecule has 5 heteroatoms. The molecule has 158 valence electrons. The Morgan fingerprint density at radius 2 is 1.48 bits per heavy atom. The van der Waals surface area contributed by atoms with Gasteiger partial charge in [0.25, 0.3) is 0 Å². The van der Waals surface area contributed by atoms with E-state index in [2.05, 4.69) is 50.4 Å². The number of benzene rings is 3. The average Bonchev–Trinajstić information content (AvgIpc) is 3.28. The largest absolute Gasteiger partial charge is 0.322 e. The first-order chi connectivity index (χ1) is 15.1. The van der Waals surface area contributed by atoms with Gasteiger partial charge < -0.3 is 5.32 Å². The Labute approximate surface area is 196 Å². The molecular weight excluding hydrogens is 472 g/mol. The van der Waals surface area contributed by atoms with Gasteiger partial charge in [0, 0.05) is 27.8 Å². The van der Waals surface area contributed by atoms with E-state index in [0.29, 0.717) is 5.02 Å². The van der Waals surface area contributed by atoms with E-state index in [0.717, 1.165) is 33.4 Å². The second-order valence-corrected chi connectivity index (χ2v) is 9.09. The quantitative estimate of drug-likeness (QED) is 0.383. The Kier molecular flexibility index (Phi) is 7.23. The molecular formula is C26H24BrClN2O. The van der Waals surface area contributed by atoms with Crippen molar-refractivity contribution in [2.75, 3.05) is 18.4 Å². The molecule has 0 bridgehead atoms. The summed E-state index contributed by atoms with van der Waals surface area (Å²) in [7, 11) is 0. The van der Waals surface area contributed by atoms with Crippen molar-refractivity contribution < 1.29 is 4.79 Å². The Bertz CT molecular complexity index is 1050. The fourth-order valence-electron chi connectivity index (χ4n) is 3.79. The van der Waals surface area contributed by atoms with Crippen molar-refractivity contribution >= 4 is 44.7 Å². The number of anilines is 1. The molecule has 1 aliphatic rings. The van der Waals surface area contributed by atoms with Gasteiger partial charge in [0.05, 0.1) is 0 Å². The molecule has 3 aromatic carbocycles. The van der Waals surface area contributed by atoms with Gasteiger partial charge in [-0.3, -0.25) is 9.69 Å². The molecule has 1 N–H and O–H groups in total. The van der Waals surface area contributed by atoms with E-state index >= 15 is 0 Å². The third-order valence-corrected chi connectivity index (χ3v) is 6.19. The zero-order valence-corrected chi connectivity index (χ0v) is 19.5. The normalized spacial score (nSPS) is 14.6. The molecule has 0 aliphatic carbocycles. The number of likely N-dealkylation sites (tertiary alicyclic amines) is 1. The molecule has 4 rings (SSSR count). The van der Waals surface area contributed by atoms with Crippen molar-refractivity contribution in [3.05, 3.63) is 105 Å². The van der Waals surface area contributed by atoms with Crippen LogP contribution in [0.3, 0.4) is 0 Å². The summed E-state index contributed by atoms with van der Waals surface area (Å²) < 4.78 is 0.969. The van der Waals surface area contributed by atoms with Crippen molar-refractivity contribution in [3.8, 4) is 0 Å². The van der Waals surface area contributed by atoms with E-state index in [1.807, 2.05) is 48.5 Å². The highest BCUT2D eigenvalue weighted by molar-refractivity contribution is 9.10. The molecule has 0 radical (unpaired) electrons. The monoisotopic (exact) mass is 494 g/mol. The zero-order chi connectivity index (χ0) is 21.6. The van der Waals surface area contributed by atoms with Crippen molar-refractivity contribution in [2.45, 2.75) is 19.4 Å². The lowest BCUT2D eigenvalue weighted by Crippen LogP contribution is -2.18. The van der Waals surface area contributed by atoms with Crippen molar-refractivity contribution in [2.24, 2.45) is 0 Å². The van der Waals surface area contributed by atoms with Gasteiger partial charge in [-0.05, 0) is 84.6 Å². The van der Waals surface area contributed by atoms with E-state index in [1.165, 1.54) is 31.5 Å². The van der Waals surface area contributed by atoms with Crippen LogP contribution in [0, 0.1) is 0 Å². The molecule has 0 spiro atoms. The van der Waals surface area contributed by atoms with Crippen LogP contribution in [0.2, 0.25) is 5.02 Å².